The van der Waals surface area contributed by atoms with Crippen molar-refractivity contribution in [1.82, 2.24) is 0 Å². The molecule has 3 rings (SSSR count). The van der Waals surface area contributed by atoms with Gasteiger partial charge in [0.15, 0.2) is 0 Å². The SMILES string of the molecule is Clc1ccccc1N/N=C1/C[C@H]2C=CC[C@H]12. The number of hydrazone groups is 1. The Hall–Kier alpha value is -1.28. The number of hydrogen-bond donors (Lipinski definition) is 1. The van der Waals surface area contributed by atoms with Crippen molar-refractivity contribution in [2.75, 3.05) is 5.43 Å². The van der Waals surface area contributed by atoms with Crippen LogP contribution < -0.4 is 5.43 Å². The lowest BCUT2D eigenvalue weighted by Gasteiger charge is -2.31. The lowest BCUT2D eigenvalue weighted by atomic mass is 9.74. The maximum absolute atomic E-state index is 6.04. The van der Waals surface area contributed by atoms with Gasteiger partial charge < -0.3 is 0 Å². The topological polar surface area (TPSA) is 24.4 Å². The maximum atomic E-state index is 6.04. The lowest BCUT2D eigenvalue weighted by Crippen LogP contribution is -2.33. The minimum Gasteiger partial charge on any atom is -0.277 e. The number of allylic oxidation sites excluding steroid dienone is 2. The summed E-state index contributed by atoms with van der Waals surface area (Å²) in [4.78, 5) is 0. The van der Waals surface area contributed by atoms with Gasteiger partial charge in [-0.2, -0.15) is 5.10 Å². The number of nitrogens with one attached hydrogen (secondary N) is 1. The smallest absolute Gasteiger partial charge is 0.0748 e. The average molecular weight is 233 g/mol. The molecule has 0 aliphatic heterocycles. The molecule has 1 saturated carbocycles. The average Bonchev–Trinajstić information content (AvgIpc) is 2.63. The minimum atomic E-state index is 0.648. The number of benzene rings is 1. The molecule has 2 atom stereocenters. The fourth-order valence-electron chi connectivity index (χ4n) is 2.35. The third-order valence-corrected chi connectivity index (χ3v) is 3.69. The second-order valence-corrected chi connectivity index (χ2v) is 4.74. The number of rotatable bonds is 2. The van der Waals surface area contributed by atoms with E-state index < -0.39 is 0 Å². The Bertz CT molecular complexity index is 465. The number of fused-ring (bicyclic) bond motifs is 1. The van der Waals surface area contributed by atoms with Gasteiger partial charge in [-0.3, -0.25) is 5.43 Å². The third kappa shape index (κ3) is 1.63. The second-order valence-electron chi connectivity index (χ2n) is 4.33. The van der Waals surface area contributed by atoms with Gasteiger partial charge in [-0.1, -0.05) is 35.9 Å². The molecule has 0 unspecified atom stereocenters. The molecular formula is C13H13ClN2. The number of para-hydroxylation sites is 1. The fraction of sp³-hybridized carbons (Fsp3) is 0.308. The Kier molecular flexibility index (Phi) is 2.44. The van der Waals surface area contributed by atoms with Crippen LogP contribution in [0.15, 0.2) is 41.5 Å². The van der Waals surface area contributed by atoms with Gasteiger partial charge in [0.25, 0.3) is 0 Å². The molecule has 0 bridgehead atoms. The molecule has 0 radical (unpaired) electrons. The molecule has 2 aliphatic rings. The van der Waals surface area contributed by atoms with Gasteiger partial charge in [0.1, 0.15) is 0 Å². The van der Waals surface area contributed by atoms with E-state index in [4.69, 9.17) is 11.6 Å². The van der Waals surface area contributed by atoms with E-state index >= 15 is 0 Å². The molecule has 2 nitrogen and oxygen atoms in total. The largest absolute Gasteiger partial charge is 0.277 e. The maximum Gasteiger partial charge on any atom is 0.0748 e. The van der Waals surface area contributed by atoms with Crippen LogP contribution in [0.25, 0.3) is 0 Å². The first-order valence-electron chi connectivity index (χ1n) is 5.58. The van der Waals surface area contributed by atoms with Crippen LogP contribution >= 0.6 is 11.6 Å². The van der Waals surface area contributed by atoms with Crippen molar-refractivity contribution in [2.45, 2.75) is 12.8 Å². The molecule has 1 aromatic carbocycles. The van der Waals surface area contributed by atoms with Crippen LogP contribution in [0.5, 0.6) is 0 Å². The monoisotopic (exact) mass is 232 g/mol. The van der Waals surface area contributed by atoms with E-state index in [2.05, 4.69) is 22.7 Å². The van der Waals surface area contributed by atoms with E-state index in [0.717, 1.165) is 24.4 Å². The highest BCUT2D eigenvalue weighted by Gasteiger charge is 2.37. The highest BCUT2D eigenvalue weighted by atomic mass is 35.5. The third-order valence-electron chi connectivity index (χ3n) is 3.36. The minimum absolute atomic E-state index is 0.648. The molecule has 16 heavy (non-hydrogen) atoms. The quantitative estimate of drug-likeness (QED) is 0.610. The van der Waals surface area contributed by atoms with Crippen molar-refractivity contribution < 1.29 is 0 Å². The summed E-state index contributed by atoms with van der Waals surface area (Å²) in [5.74, 6) is 1.39. The first kappa shape index (κ1) is 9.91. The molecule has 0 aromatic heterocycles. The Morgan fingerprint density at radius 1 is 1.31 bits per heavy atom. The molecule has 0 amide bonds. The summed E-state index contributed by atoms with van der Waals surface area (Å²) < 4.78 is 0. The zero-order chi connectivity index (χ0) is 11.0. The summed E-state index contributed by atoms with van der Waals surface area (Å²) in [6.45, 7) is 0. The highest BCUT2D eigenvalue weighted by molar-refractivity contribution is 6.33. The molecule has 82 valence electrons. The van der Waals surface area contributed by atoms with Crippen LogP contribution in [-0.4, -0.2) is 5.71 Å². The van der Waals surface area contributed by atoms with Crippen molar-refractivity contribution in [2.24, 2.45) is 16.9 Å². The standard InChI is InChI=1S/C13H13ClN2/c14-11-6-1-2-7-12(11)15-16-13-8-9-4-3-5-10(9)13/h1-4,6-7,9-10,15H,5,8H2/b16-13-/t9-,10+/m1/s1. The number of hydrogen-bond acceptors (Lipinski definition) is 2. The van der Waals surface area contributed by atoms with Gasteiger partial charge in [-0.15, -0.1) is 0 Å². The first-order chi connectivity index (χ1) is 7.84. The molecule has 2 aliphatic carbocycles. The van der Waals surface area contributed by atoms with Crippen LogP contribution in [0.4, 0.5) is 5.69 Å². The summed E-state index contributed by atoms with van der Waals surface area (Å²) in [5.41, 5.74) is 5.21. The molecule has 0 saturated heterocycles. The summed E-state index contributed by atoms with van der Waals surface area (Å²) >= 11 is 6.04. The van der Waals surface area contributed by atoms with Crippen molar-refractivity contribution in [1.29, 1.82) is 0 Å². The molecule has 0 heterocycles. The van der Waals surface area contributed by atoms with Crippen molar-refractivity contribution >= 4 is 23.0 Å². The predicted octanol–water partition coefficient (Wildman–Crippen LogP) is 3.70. The van der Waals surface area contributed by atoms with Gasteiger partial charge in [-0.05, 0) is 30.9 Å². The number of nitrogens with zero attached hydrogens (tertiary/aromatic N) is 1. The summed E-state index contributed by atoms with van der Waals surface area (Å²) in [7, 11) is 0. The number of halogens is 1. The lowest BCUT2D eigenvalue weighted by molar-refractivity contribution is 0.466. The normalized spacial score (nSPS) is 28.9. The summed E-state index contributed by atoms with van der Waals surface area (Å²) in [6.07, 6.45) is 6.80. The zero-order valence-electron chi connectivity index (χ0n) is 8.86. The summed E-state index contributed by atoms with van der Waals surface area (Å²) in [6, 6.07) is 7.68. The Labute approximate surface area is 100 Å². The van der Waals surface area contributed by atoms with E-state index in [9.17, 15) is 0 Å². The molecule has 1 fully saturated rings. The molecule has 1 aromatic rings. The Balaban J connectivity index is 1.69. The molecule has 3 heteroatoms. The van der Waals surface area contributed by atoms with E-state index in [1.807, 2.05) is 24.3 Å². The van der Waals surface area contributed by atoms with Crippen LogP contribution in [-0.2, 0) is 0 Å². The van der Waals surface area contributed by atoms with Gasteiger partial charge in [-0.25, -0.2) is 0 Å². The van der Waals surface area contributed by atoms with Crippen LogP contribution in [0, 0.1) is 11.8 Å². The van der Waals surface area contributed by atoms with Gasteiger partial charge in [0.05, 0.1) is 10.7 Å². The van der Waals surface area contributed by atoms with E-state index in [-0.39, 0.29) is 0 Å². The van der Waals surface area contributed by atoms with Gasteiger partial charge in [0.2, 0.25) is 0 Å². The second kappa shape index (κ2) is 3.95. The van der Waals surface area contributed by atoms with Crippen molar-refractivity contribution in [3.8, 4) is 0 Å². The van der Waals surface area contributed by atoms with Crippen molar-refractivity contribution in [3.05, 3.63) is 41.4 Å². The highest BCUT2D eigenvalue weighted by Crippen LogP contribution is 2.40. The summed E-state index contributed by atoms with van der Waals surface area (Å²) in [5, 5.41) is 5.16. The van der Waals surface area contributed by atoms with Crippen molar-refractivity contribution in [3.63, 3.8) is 0 Å². The van der Waals surface area contributed by atoms with Crippen LogP contribution in [0.3, 0.4) is 0 Å². The van der Waals surface area contributed by atoms with E-state index in [0.29, 0.717) is 10.9 Å². The van der Waals surface area contributed by atoms with Gasteiger partial charge >= 0.3 is 0 Å². The number of anilines is 1. The Morgan fingerprint density at radius 3 is 3.00 bits per heavy atom. The van der Waals surface area contributed by atoms with E-state index in [1.54, 1.807) is 0 Å². The van der Waals surface area contributed by atoms with Gasteiger partial charge in [0, 0.05) is 11.6 Å². The van der Waals surface area contributed by atoms with E-state index in [1.165, 1.54) is 5.71 Å². The van der Waals surface area contributed by atoms with Crippen LogP contribution in [0.2, 0.25) is 5.02 Å². The zero-order valence-corrected chi connectivity index (χ0v) is 9.61. The van der Waals surface area contributed by atoms with Crippen LogP contribution in [0.1, 0.15) is 12.8 Å². The molecule has 0 spiro atoms. The first-order valence-corrected chi connectivity index (χ1v) is 5.96. The molecular weight excluding hydrogens is 220 g/mol. The fourth-order valence-corrected chi connectivity index (χ4v) is 2.53. The predicted molar refractivity (Wildman–Crippen MR) is 67.9 cm³/mol. The Morgan fingerprint density at radius 2 is 2.19 bits per heavy atom. The molecule has 1 N–H and O–H groups in total.